The summed E-state index contributed by atoms with van der Waals surface area (Å²) in [6.45, 7) is 0.550. The number of benzene rings is 1. The maximum atomic E-state index is 9.39. The molecule has 5 heteroatoms. The first kappa shape index (κ1) is 11.3. The van der Waals surface area contributed by atoms with Crippen LogP contribution < -0.4 is 10.1 Å². The van der Waals surface area contributed by atoms with Crippen LogP contribution in [0.15, 0.2) is 41.1 Å². The number of rotatable bonds is 2. The number of ether oxygens (including phenoxy) is 1. The van der Waals surface area contributed by atoms with Crippen LogP contribution in [-0.4, -0.2) is 16.7 Å². The van der Waals surface area contributed by atoms with Crippen molar-refractivity contribution in [1.29, 1.82) is 0 Å². The third-order valence-corrected chi connectivity index (χ3v) is 3.32. The van der Waals surface area contributed by atoms with Crippen molar-refractivity contribution < 1.29 is 9.84 Å². The Morgan fingerprint density at radius 2 is 2.22 bits per heavy atom. The smallest absolute Gasteiger partial charge is 0.128 e. The van der Waals surface area contributed by atoms with Gasteiger partial charge in [-0.25, -0.2) is 4.98 Å². The van der Waals surface area contributed by atoms with Crippen molar-refractivity contribution in [2.75, 3.05) is 11.9 Å². The average molecular weight is 307 g/mol. The van der Waals surface area contributed by atoms with Crippen LogP contribution >= 0.6 is 15.9 Å². The van der Waals surface area contributed by atoms with Crippen molar-refractivity contribution in [1.82, 2.24) is 4.98 Å². The largest absolute Gasteiger partial charge is 0.508 e. The van der Waals surface area contributed by atoms with Gasteiger partial charge in [-0.05, 0) is 40.2 Å². The van der Waals surface area contributed by atoms with Gasteiger partial charge in [-0.2, -0.15) is 0 Å². The second kappa shape index (κ2) is 4.49. The lowest BCUT2D eigenvalue weighted by atomic mass is 10.1. The predicted molar refractivity (Wildman–Crippen MR) is 71.9 cm³/mol. The van der Waals surface area contributed by atoms with Crippen LogP contribution in [0.5, 0.6) is 11.5 Å². The predicted octanol–water partition coefficient (Wildman–Crippen LogP) is 3.10. The fourth-order valence-electron chi connectivity index (χ4n) is 1.98. The molecule has 92 valence electrons. The lowest BCUT2D eigenvalue weighted by Crippen LogP contribution is -2.11. The molecule has 0 bridgehead atoms. The molecule has 2 N–H and O–H groups in total. The quantitative estimate of drug-likeness (QED) is 0.837. The van der Waals surface area contributed by atoms with Gasteiger partial charge >= 0.3 is 0 Å². The zero-order valence-electron chi connectivity index (χ0n) is 9.43. The van der Waals surface area contributed by atoms with E-state index in [-0.39, 0.29) is 11.8 Å². The lowest BCUT2D eigenvalue weighted by molar-refractivity contribution is 0.338. The highest BCUT2D eigenvalue weighted by molar-refractivity contribution is 9.10. The molecule has 18 heavy (non-hydrogen) atoms. The van der Waals surface area contributed by atoms with Crippen LogP contribution in [-0.2, 0) is 0 Å². The van der Waals surface area contributed by atoms with Gasteiger partial charge in [0.05, 0.1) is 17.9 Å². The topological polar surface area (TPSA) is 54.4 Å². The molecule has 1 aromatic carbocycles. The van der Waals surface area contributed by atoms with E-state index in [2.05, 4.69) is 26.2 Å². The van der Waals surface area contributed by atoms with E-state index in [1.54, 1.807) is 18.3 Å². The molecule has 1 aliphatic heterocycles. The summed E-state index contributed by atoms with van der Waals surface area (Å²) in [5.74, 6) is 0.956. The molecule has 4 nitrogen and oxygen atoms in total. The first-order chi connectivity index (χ1) is 8.72. The van der Waals surface area contributed by atoms with Gasteiger partial charge in [-0.1, -0.05) is 0 Å². The number of aromatic nitrogens is 1. The second-order valence-corrected chi connectivity index (χ2v) is 4.91. The van der Waals surface area contributed by atoms with Crippen LogP contribution in [0.1, 0.15) is 11.6 Å². The minimum Gasteiger partial charge on any atom is -0.508 e. The monoisotopic (exact) mass is 306 g/mol. The standard InChI is InChI=1S/C13H11BrN2O2/c14-13-4-1-8(6-15-13)16-11-7-18-12-5-9(17)2-3-10(11)12/h1-6,11,16-17H,7H2. The Hall–Kier alpha value is -1.75. The molecule has 0 aliphatic carbocycles. The number of hydrogen-bond donors (Lipinski definition) is 2. The molecule has 2 aromatic rings. The average Bonchev–Trinajstić information content (AvgIpc) is 2.74. The second-order valence-electron chi connectivity index (χ2n) is 4.10. The summed E-state index contributed by atoms with van der Waals surface area (Å²) in [6.07, 6.45) is 1.77. The Kier molecular flexibility index (Phi) is 2.83. The number of fused-ring (bicyclic) bond motifs is 1. The SMILES string of the molecule is Oc1ccc2c(c1)OCC2Nc1ccc(Br)nc1. The minimum absolute atomic E-state index is 0.0866. The summed E-state index contributed by atoms with van der Waals surface area (Å²) in [6, 6.07) is 9.11. The number of aromatic hydroxyl groups is 1. The normalized spacial score (nSPS) is 17.1. The van der Waals surface area contributed by atoms with E-state index >= 15 is 0 Å². The maximum absolute atomic E-state index is 9.39. The van der Waals surface area contributed by atoms with Crippen LogP contribution in [0, 0.1) is 0 Å². The molecular formula is C13H11BrN2O2. The number of nitrogens with one attached hydrogen (secondary N) is 1. The van der Waals surface area contributed by atoms with E-state index in [1.165, 1.54) is 0 Å². The molecule has 2 heterocycles. The summed E-state index contributed by atoms with van der Waals surface area (Å²) in [7, 11) is 0. The van der Waals surface area contributed by atoms with Gasteiger partial charge in [-0.15, -0.1) is 0 Å². The van der Waals surface area contributed by atoms with E-state index < -0.39 is 0 Å². The van der Waals surface area contributed by atoms with Gasteiger partial charge in [-0.3, -0.25) is 0 Å². The van der Waals surface area contributed by atoms with E-state index in [1.807, 2.05) is 18.2 Å². The van der Waals surface area contributed by atoms with E-state index in [0.29, 0.717) is 6.61 Å². The number of hydrogen-bond acceptors (Lipinski definition) is 4. The Morgan fingerprint density at radius 1 is 1.33 bits per heavy atom. The number of phenols is 1. The summed E-state index contributed by atoms with van der Waals surface area (Å²) in [5.41, 5.74) is 1.99. The van der Waals surface area contributed by atoms with Gasteiger partial charge in [0.1, 0.15) is 22.7 Å². The molecule has 1 atom stereocenters. The molecule has 0 saturated carbocycles. The zero-order valence-corrected chi connectivity index (χ0v) is 11.0. The highest BCUT2D eigenvalue weighted by atomic mass is 79.9. The van der Waals surface area contributed by atoms with Crippen molar-refractivity contribution in [3.8, 4) is 11.5 Å². The molecule has 0 radical (unpaired) electrons. The molecule has 1 unspecified atom stereocenters. The maximum Gasteiger partial charge on any atom is 0.128 e. The van der Waals surface area contributed by atoms with Gasteiger partial charge in [0.2, 0.25) is 0 Å². The summed E-state index contributed by atoms with van der Waals surface area (Å²) >= 11 is 3.30. The first-order valence-corrected chi connectivity index (χ1v) is 6.35. The Labute approximate surface area is 113 Å². The first-order valence-electron chi connectivity index (χ1n) is 5.56. The summed E-state index contributed by atoms with van der Waals surface area (Å²) in [5, 5.41) is 12.7. The van der Waals surface area contributed by atoms with Crippen LogP contribution in [0.25, 0.3) is 0 Å². The number of pyridine rings is 1. The summed E-state index contributed by atoms with van der Waals surface area (Å²) < 4.78 is 6.34. The molecule has 3 rings (SSSR count). The van der Waals surface area contributed by atoms with Crippen LogP contribution in [0.2, 0.25) is 0 Å². The molecule has 0 fully saturated rings. The Morgan fingerprint density at radius 3 is 3.00 bits per heavy atom. The number of halogens is 1. The fraction of sp³-hybridized carbons (Fsp3) is 0.154. The van der Waals surface area contributed by atoms with Gasteiger partial charge in [0.15, 0.2) is 0 Å². The third-order valence-electron chi connectivity index (χ3n) is 2.85. The highest BCUT2D eigenvalue weighted by Gasteiger charge is 2.24. The molecule has 1 aliphatic rings. The Bertz CT molecular complexity index is 572. The van der Waals surface area contributed by atoms with E-state index in [4.69, 9.17) is 4.74 Å². The molecular weight excluding hydrogens is 296 g/mol. The van der Waals surface area contributed by atoms with Crippen LogP contribution in [0.4, 0.5) is 5.69 Å². The number of nitrogens with zero attached hydrogens (tertiary/aromatic N) is 1. The molecule has 1 aromatic heterocycles. The van der Waals surface area contributed by atoms with Crippen molar-refractivity contribution in [2.45, 2.75) is 6.04 Å². The minimum atomic E-state index is 0.0866. The zero-order chi connectivity index (χ0) is 12.5. The van der Waals surface area contributed by atoms with Gasteiger partial charge in [0, 0.05) is 11.6 Å². The molecule has 0 saturated heterocycles. The summed E-state index contributed by atoms with van der Waals surface area (Å²) in [4.78, 5) is 4.16. The fourth-order valence-corrected chi connectivity index (χ4v) is 2.22. The van der Waals surface area contributed by atoms with Crippen molar-refractivity contribution in [3.63, 3.8) is 0 Å². The Balaban J connectivity index is 1.82. The number of phenolic OH excluding ortho intramolecular Hbond substituents is 1. The van der Waals surface area contributed by atoms with Gasteiger partial charge in [0.25, 0.3) is 0 Å². The van der Waals surface area contributed by atoms with Crippen molar-refractivity contribution >= 4 is 21.6 Å². The highest BCUT2D eigenvalue weighted by Crippen LogP contribution is 2.36. The van der Waals surface area contributed by atoms with Crippen LogP contribution in [0.3, 0.4) is 0 Å². The van der Waals surface area contributed by atoms with E-state index in [0.717, 1.165) is 21.6 Å². The molecule has 0 spiro atoms. The van der Waals surface area contributed by atoms with Crippen molar-refractivity contribution in [2.24, 2.45) is 0 Å². The van der Waals surface area contributed by atoms with Gasteiger partial charge < -0.3 is 15.2 Å². The van der Waals surface area contributed by atoms with Crippen molar-refractivity contribution in [3.05, 3.63) is 46.7 Å². The molecule has 0 amide bonds. The third kappa shape index (κ3) is 2.13. The number of anilines is 1. The lowest BCUT2D eigenvalue weighted by Gasteiger charge is -2.12. The van der Waals surface area contributed by atoms with E-state index in [9.17, 15) is 5.11 Å².